The minimum absolute atomic E-state index is 0.0976. The lowest BCUT2D eigenvalue weighted by molar-refractivity contribution is 0.0828. The van der Waals surface area contributed by atoms with Crippen LogP contribution in [0.15, 0.2) is 42.5 Å². The number of nitrogens with one attached hydrogen (secondary N) is 1. The highest BCUT2D eigenvalue weighted by molar-refractivity contribution is 6.34. The summed E-state index contributed by atoms with van der Waals surface area (Å²) in [7, 11) is 3.43. The van der Waals surface area contributed by atoms with E-state index in [1.165, 1.54) is 16.0 Å². The van der Waals surface area contributed by atoms with Gasteiger partial charge in [0.2, 0.25) is 0 Å². The first-order valence-electron chi connectivity index (χ1n) is 6.78. The fourth-order valence-corrected chi connectivity index (χ4v) is 2.24. The lowest BCUT2D eigenvalue weighted by Gasteiger charge is -2.14. The van der Waals surface area contributed by atoms with Crippen LogP contribution in [0.25, 0.3) is 0 Å². The Balaban J connectivity index is 2.16. The summed E-state index contributed by atoms with van der Waals surface area (Å²) >= 11 is 6.10. The Morgan fingerprint density at radius 3 is 2.57 bits per heavy atom. The van der Waals surface area contributed by atoms with Crippen molar-refractivity contribution in [2.75, 3.05) is 19.4 Å². The average molecular weight is 303 g/mol. The molecule has 0 aromatic heterocycles. The summed E-state index contributed by atoms with van der Waals surface area (Å²) < 4.78 is 0. The summed E-state index contributed by atoms with van der Waals surface area (Å²) in [6, 6.07) is 13.6. The van der Waals surface area contributed by atoms with Gasteiger partial charge in [-0.15, -0.1) is 0 Å². The summed E-state index contributed by atoms with van der Waals surface area (Å²) in [5.41, 5.74) is 3.86. The van der Waals surface area contributed by atoms with E-state index in [0.717, 1.165) is 5.69 Å². The minimum Gasteiger partial charge on any atom is -0.381 e. The van der Waals surface area contributed by atoms with E-state index >= 15 is 0 Å². The molecule has 1 amide bonds. The molecule has 1 N–H and O–H groups in total. The van der Waals surface area contributed by atoms with Crippen molar-refractivity contribution in [3.05, 3.63) is 64.2 Å². The molecule has 0 aliphatic heterocycles. The van der Waals surface area contributed by atoms with Crippen molar-refractivity contribution in [1.29, 1.82) is 0 Å². The Morgan fingerprint density at radius 1 is 1.19 bits per heavy atom. The molecule has 3 nitrogen and oxygen atoms in total. The molecule has 2 aromatic carbocycles. The molecule has 0 radical (unpaired) electrons. The third kappa shape index (κ3) is 3.76. The van der Waals surface area contributed by atoms with Crippen molar-refractivity contribution in [3.63, 3.8) is 0 Å². The van der Waals surface area contributed by atoms with Gasteiger partial charge in [-0.05, 0) is 36.2 Å². The van der Waals surface area contributed by atoms with Gasteiger partial charge in [0, 0.05) is 26.3 Å². The molecule has 0 fully saturated rings. The van der Waals surface area contributed by atoms with Gasteiger partial charge in [0.25, 0.3) is 5.91 Å². The van der Waals surface area contributed by atoms with Crippen molar-refractivity contribution in [1.82, 2.24) is 4.90 Å². The molecular weight excluding hydrogens is 284 g/mol. The summed E-state index contributed by atoms with van der Waals surface area (Å²) in [5.74, 6) is -0.0976. The Kier molecular flexibility index (Phi) is 4.86. The lowest BCUT2D eigenvalue weighted by atomic mass is 10.1. The molecule has 0 saturated carbocycles. The Labute approximate surface area is 130 Å². The Hall–Kier alpha value is -2.00. The monoisotopic (exact) mass is 302 g/mol. The molecule has 0 unspecified atom stereocenters. The molecule has 0 atom stereocenters. The number of carbonyl (C=O) groups is 1. The van der Waals surface area contributed by atoms with Crippen LogP contribution in [0.1, 0.15) is 21.5 Å². The third-order valence-electron chi connectivity index (χ3n) is 3.35. The van der Waals surface area contributed by atoms with Crippen LogP contribution < -0.4 is 5.32 Å². The fraction of sp³-hybridized carbons (Fsp3) is 0.235. The predicted octanol–water partition coefficient (Wildman–Crippen LogP) is 3.96. The molecular formula is C17H19ClN2O. The van der Waals surface area contributed by atoms with E-state index in [1.54, 1.807) is 26.2 Å². The van der Waals surface area contributed by atoms with Crippen LogP contribution in [0.5, 0.6) is 0 Å². The minimum atomic E-state index is -0.0976. The quantitative estimate of drug-likeness (QED) is 0.927. The molecule has 2 rings (SSSR count). The number of aryl methyl sites for hydroxylation is 1. The van der Waals surface area contributed by atoms with Gasteiger partial charge in [0.1, 0.15) is 0 Å². The normalized spacial score (nSPS) is 10.3. The van der Waals surface area contributed by atoms with Gasteiger partial charge < -0.3 is 10.2 Å². The van der Waals surface area contributed by atoms with Crippen LogP contribution in [0.4, 0.5) is 5.69 Å². The summed E-state index contributed by atoms with van der Waals surface area (Å²) in [5, 5.41) is 3.80. The Bertz CT molecular complexity index is 653. The second kappa shape index (κ2) is 6.64. The second-order valence-corrected chi connectivity index (χ2v) is 5.58. The van der Waals surface area contributed by atoms with Gasteiger partial charge in [-0.1, -0.05) is 35.9 Å². The van der Waals surface area contributed by atoms with Crippen LogP contribution in [-0.2, 0) is 6.54 Å². The van der Waals surface area contributed by atoms with E-state index in [-0.39, 0.29) is 5.91 Å². The van der Waals surface area contributed by atoms with Crippen LogP contribution in [0, 0.1) is 6.92 Å². The van der Waals surface area contributed by atoms with Gasteiger partial charge in [-0.3, -0.25) is 4.79 Å². The highest BCUT2D eigenvalue weighted by Crippen LogP contribution is 2.22. The molecule has 0 aliphatic carbocycles. The van der Waals surface area contributed by atoms with Crippen molar-refractivity contribution >= 4 is 23.2 Å². The number of carbonyl (C=O) groups excluding carboxylic acids is 1. The molecule has 0 heterocycles. The van der Waals surface area contributed by atoms with Crippen molar-refractivity contribution in [2.45, 2.75) is 13.5 Å². The number of rotatable bonds is 4. The maximum atomic E-state index is 12.1. The number of halogens is 1. The maximum absolute atomic E-state index is 12.1. The van der Waals surface area contributed by atoms with Gasteiger partial charge in [-0.2, -0.15) is 0 Å². The molecule has 0 aliphatic rings. The highest BCUT2D eigenvalue weighted by Gasteiger charge is 2.13. The first kappa shape index (κ1) is 15.4. The molecule has 0 spiro atoms. The first-order valence-corrected chi connectivity index (χ1v) is 7.16. The zero-order chi connectivity index (χ0) is 15.4. The zero-order valence-corrected chi connectivity index (χ0v) is 13.2. The summed E-state index contributed by atoms with van der Waals surface area (Å²) in [6.07, 6.45) is 0. The number of hydrogen-bond acceptors (Lipinski definition) is 2. The van der Waals surface area contributed by atoms with Crippen molar-refractivity contribution in [2.24, 2.45) is 0 Å². The first-order chi connectivity index (χ1) is 9.99. The highest BCUT2D eigenvalue weighted by atomic mass is 35.5. The van der Waals surface area contributed by atoms with Crippen LogP contribution in [-0.4, -0.2) is 24.9 Å². The zero-order valence-electron chi connectivity index (χ0n) is 12.5. The number of nitrogens with zero attached hydrogens (tertiary/aromatic N) is 1. The smallest absolute Gasteiger partial charge is 0.254 e. The molecule has 2 aromatic rings. The molecule has 21 heavy (non-hydrogen) atoms. The predicted molar refractivity (Wildman–Crippen MR) is 88.0 cm³/mol. The van der Waals surface area contributed by atoms with E-state index in [4.69, 9.17) is 11.6 Å². The number of amides is 1. The van der Waals surface area contributed by atoms with Crippen molar-refractivity contribution in [3.8, 4) is 0 Å². The topological polar surface area (TPSA) is 32.3 Å². The Morgan fingerprint density at radius 2 is 1.90 bits per heavy atom. The number of benzene rings is 2. The molecule has 4 heteroatoms. The van der Waals surface area contributed by atoms with E-state index in [0.29, 0.717) is 17.1 Å². The van der Waals surface area contributed by atoms with Gasteiger partial charge in [-0.25, -0.2) is 0 Å². The summed E-state index contributed by atoms with van der Waals surface area (Å²) in [6.45, 7) is 2.80. The van der Waals surface area contributed by atoms with Crippen LogP contribution >= 0.6 is 11.6 Å². The number of hydrogen-bond donors (Lipinski definition) is 1. The molecule has 0 bridgehead atoms. The standard InChI is InChI=1S/C17H19ClN2O/c1-12-6-4-5-7-13(12)11-19-14-8-9-16(18)15(10-14)17(21)20(2)3/h4-10,19H,11H2,1-3H3. The fourth-order valence-electron chi connectivity index (χ4n) is 2.05. The number of anilines is 1. The maximum Gasteiger partial charge on any atom is 0.254 e. The SMILES string of the molecule is Cc1ccccc1CNc1ccc(Cl)c(C(=O)N(C)C)c1. The molecule has 110 valence electrons. The van der Waals surface area contributed by atoms with Gasteiger partial charge in [0.15, 0.2) is 0 Å². The van der Waals surface area contributed by atoms with Crippen LogP contribution in [0.2, 0.25) is 5.02 Å². The average Bonchev–Trinajstić information content (AvgIpc) is 2.47. The second-order valence-electron chi connectivity index (χ2n) is 5.17. The lowest BCUT2D eigenvalue weighted by Crippen LogP contribution is -2.22. The van der Waals surface area contributed by atoms with E-state index in [1.807, 2.05) is 18.2 Å². The molecule has 0 saturated heterocycles. The van der Waals surface area contributed by atoms with E-state index in [9.17, 15) is 4.79 Å². The van der Waals surface area contributed by atoms with Gasteiger partial charge in [0.05, 0.1) is 10.6 Å². The van der Waals surface area contributed by atoms with E-state index < -0.39 is 0 Å². The summed E-state index contributed by atoms with van der Waals surface area (Å²) in [4.78, 5) is 13.6. The van der Waals surface area contributed by atoms with E-state index in [2.05, 4.69) is 24.4 Å². The van der Waals surface area contributed by atoms with Gasteiger partial charge >= 0.3 is 0 Å². The third-order valence-corrected chi connectivity index (χ3v) is 3.68. The van der Waals surface area contributed by atoms with Crippen LogP contribution in [0.3, 0.4) is 0 Å². The largest absolute Gasteiger partial charge is 0.381 e. The van der Waals surface area contributed by atoms with Crippen molar-refractivity contribution < 1.29 is 4.79 Å².